The zero-order chi connectivity index (χ0) is 18.2. The van der Waals surface area contributed by atoms with Crippen LogP contribution in [0.15, 0.2) is 47.5 Å². The molecule has 0 saturated carbocycles. The Labute approximate surface area is 167 Å². The zero-order valence-corrected chi connectivity index (χ0v) is 16.6. The molecule has 0 spiro atoms. The molecule has 26 heavy (non-hydrogen) atoms. The number of nitrogens with one attached hydrogen (secondary N) is 2. The normalized spacial score (nSPS) is 10.5. The van der Waals surface area contributed by atoms with Gasteiger partial charge < -0.3 is 25.8 Å². The molecule has 0 radical (unpaired) electrons. The van der Waals surface area contributed by atoms with Gasteiger partial charge in [0, 0.05) is 17.4 Å². The number of guanidine groups is 1. The van der Waals surface area contributed by atoms with Crippen molar-refractivity contribution in [3.8, 4) is 11.5 Å². The summed E-state index contributed by atoms with van der Waals surface area (Å²) in [5, 5.41) is 5.38. The summed E-state index contributed by atoms with van der Waals surface area (Å²) in [6.07, 6.45) is 0. The standard InChI is InChI=1S/C17H19FN4O3.HI/c1-24-14-7-6-13(9-15(14)25-2)22-17(19)20-10-16(23)21-12-5-3-4-11(18)8-12;/h3-9H,10H2,1-2H3,(H,21,23)(H3,19,20,22);1H. The molecule has 0 bridgehead atoms. The number of nitrogens with two attached hydrogens (primary N) is 1. The number of anilines is 2. The minimum atomic E-state index is -0.434. The first-order valence-corrected chi connectivity index (χ1v) is 7.36. The summed E-state index contributed by atoms with van der Waals surface area (Å²) in [6.45, 7) is -0.206. The molecule has 0 atom stereocenters. The van der Waals surface area contributed by atoms with Crippen molar-refractivity contribution in [2.75, 3.05) is 31.4 Å². The van der Waals surface area contributed by atoms with Crippen LogP contribution in [0.5, 0.6) is 11.5 Å². The molecule has 0 aliphatic rings. The first-order valence-electron chi connectivity index (χ1n) is 7.36. The maximum Gasteiger partial charge on any atom is 0.246 e. The number of carbonyl (C=O) groups excluding carboxylic acids is 1. The van der Waals surface area contributed by atoms with E-state index in [1.165, 1.54) is 32.4 Å². The van der Waals surface area contributed by atoms with Crippen LogP contribution in [0, 0.1) is 5.82 Å². The number of amides is 1. The molecular weight excluding hydrogens is 454 g/mol. The number of ether oxygens (including phenoxy) is 2. The third-order valence-corrected chi connectivity index (χ3v) is 3.16. The third-order valence-electron chi connectivity index (χ3n) is 3.16. The molecule has 2 rings (SSSR count). The molecular formula is C17H20FIN4O3. The van der Waals surface area contributed by atoms with Crippen molar-refractivity contribution < 1.29 is 18.7 Å². The smallest absolute Gasteiger partial charge is 0.246 e. The van der Waals surface area contributed by atoms with Crippen molar-refractivity contribution in [2.24, 2.45) is 10.7 Å². The third kappa shape index (κ3) is 6.39. The predicted octanol–water partition coefficient (Wildman–Crippen LogP) is 2.83. The number of nitrogens with zero attached hydrogens (tertiary/aromatic N) is 1. The van der Waals surface area contributed by atoms with E-state index in [1.807, 2.05) is 0 Å². The van der Waals surface area contributed by atoms with E-state index in [4.69, 9.17) is 15.2 Å². The maximum atomic E-state index is 13.1. The van der Waals surface area contributed by atoms with Crippen LogP contribution in [0.1, 0.15) is 0 Å². The molecule has 9 heteroatoms. The Kier molecular flexibility index (Phi) is 8.62. The van der Waals surface area contributed by atoms with Crippen LogP contribution in [0.2, 0.25) is 0 Å². The summed E-state index contributed by atoms with van der Waals surface area (Å²) in [7, 11) is 3.06. The van der Waals surface area contributed by atoms with Crippen LogP contribution >= 0.6 is 24.0 Å². The number of methoxy groups -OCH3 is 2. The van der Waals surface area contributed by atoms with Crippen LogP contribution in [-0.4, -0.2) is 32.6 Å². The van der Waals surface area contributed by atoms with Crippen molar-refractivity contribution in [1.29, 1.82) is 0 Å². The van der Waals surface area contributed by atoms with Gasteiger partial charge in [-0.05, 0) is 30.3 Å². The van der Waals surface area contributed by atoms with Crippen molar-refractivity contribution in [1.82, 2.24) is 0 Å². The second kappa shape index (κ2) is 10.4. The average Bonchev–Trinajstić information content (AvgIpc) is 2.60. The minimum absolute atomic E-state index is 0. The quantitative estimate of drug-likeness (QED) is 0.340. The summed E-state index contributed by atoms with van der Waals surface area (Å²) < 4.78 is 23.4. The lowest BCUT2D eigenvalue weighted by molar-refractivity contribution is -0.114. The number of halogens is 2. The molecule has 140 valence electrons. The lowest BCUT2D eigenvalue weighted by Gasteiger charge is -2.11. The van der Waals surface area contributed by atoms with Gasteiger partial charge in [0.1, 0.15) is 12.4 Å². The number of carbonyl (C=O) groups is 1. The summed E-state index contributed by atoms with van der Waals surface area (Å²) in [6, 6.07) is 10.7. The monoisotopic (exact) mass is 474 g/mol. The Bertz CT molecular complexity index is 786. The van der Waals surface area contributed by atoms with Crippen molar-refractivity contribution in [2.45, 2.75) is 0 Å². The van der Waals surface area contributed by atoms with Crippen LogP contribution in [0.3, 0.4) is 0 Å². The molecule has 2 aromatic carbocycles. The molecule has 0 heterocycles. The number of hydrogen-bond donors (Lipinski definition) is 3. The molecule has 2 aromatic rings. The van der Waals surface area contributed by atoms with Crippen LogP contribution in [0.25, 0.3) is 0 Å². The van der Waals surface area contributed by atoms with E-state index in [9.17, 15) is 9.18 Å². The molecule has 1 amide bonds. The zero-order valence-electron chi connectivity index (χ0n) is 14.3. The predicted molar refractivity (Wildman–Crippen MR) is 110 cm³/mol. The van der Waals surface area contributed by atoms with Gasteiger partial charge in [0.2, 0.25) is 5.91 Å². The second-order valence-electron chi connectivity index (χ2n) is 4.95. The van der Waals surface area contributed by atoms with E-state index in [-0.39, 0.29) is 36.5 Å². The highest BCUT2D eigenvalue weighted by Gasteiger charge is 2.06. The molecule has 7 nitrogen and oxygen atoms in total. The summed E-state index contributed by atoms with van der Waals surface area (Å²) in [5.74, 6) is 0.322. The van der Waals surface area contributed by atoms with Crippen LogP contribution < -0.4 is 25.8 Å². The molecule has 4 N–H and O–H groups in total. The second-order valence-corrected chi connectivity index (χ2v) is 4.95. The maximum absolute atomic E-state index is 13.1. The fraction of sp³-hybridized carbons (Fsp3) is 0.176. The van der Waals surface area contributed by atoms with Crippen molar-refractivity contribution >= 4 is 47.2 Å². The highest BCUT2D eigenvalue weighted by molar-refractivity contribution is 14.0. The number of aliphatic imine (C=N–C) groups is 1. The van der Waals surface area contributed by atoms with Gasteiger partial charge >= 0.3 is 0 Å². The molecule has 0 aliphatic heterocycles. The Morgan fingerprint density at radius 2 is 1.77 bits per heavy atom. The number of rotatable bonds is 6. The first kappa shape index (κ1) is 21.5. The Balaban J connectivity index is 0.00000338. The van der Waals surface area contributed by atoms with Crippen molar-refractivity contribution in [3.63, 3.8) is 0 Å². The van der Waals surface area contributed by atoms with E-state index in [0.717, 1.165) is 0 Å². The lowest BCUT2D eigenvalue weighted by Crippen LogP contribution is -2.25. The fourth-order valence-electron chi connectivity index (χ4n) is 2.03. The minimum Gasteiger partial charge on any atom is -0.493 e. The van der Waals surface area contributed by atoms with Gasteiger partial charge in [-0.1, -0.05) is 6.07 Å². The van der Waals surface area contributed by atoms with Gasteiger partial charge in [-0.3, -0.25) is 4.79 Å². The Morgan fingerprint density at radius 1 is 1.08 bits per heavy atom. The van der Waals surface area contributed by atoms with Gasteiger partial charge in [-0.2, -0.15) is 0 Å². The average molecular weight is 474 g/mol. The topological polar surface area (TPSA) is 98.0 Å². The van der Waals surface area contributed by atoms with Gasteiger partial charge in [0.05, 0.1) is 14.2 Å². The molecule has 0 saturated heterocycles. The highest BCUT2D eigenvalue weighted by atomic mass is 127. The number of hydrogen-bond acceptors (Lipinski definition) is 4. The van der Waals surface area contributed by atoms with E-state index in [2.05, 4.69) is 15.6 Å². The Hall–Kier alpha value is -2.56. The van der Waals surface area contributed by atoms with E-state index in [0.29, 0.717) is 22.9 Å². The van der Waals surface area contributed by atoms with E-state index < -0.39 is 11.7 Å². The Morgan fingerprint density at radius 3 is 2.42 bits per heavy atom. The summed E-state index contributed by atoms with van der Waals surface area (Å²) in [5.41, 5.74) is 6.74. The molecule has 0 aromatic heterocycles. The SMILES string of the molecule is COc1ccc(NC(N)=NCC(=O)Nc2cccc(F)c2)cc1OC.I. The molecule has 0 fully saturated rings. The van der Waals surface area contributed by atoms with Gasteiger partial charge in [0.15, 0.2) is 17.5 Å². The summed E-state index contributed by atoms with van der Waals surface area (Å²) >= 11 is 0. The van der Waals surface area contributed by atoms with E-state index in [1.54, 1.807) is 24.3 Å². The van der Waals surface area contributed by atoms with Gasteiger partial charge in [-0.25, -0.2) is 9.38 Å². The van der Waals surface area contributed by atoms with Crippen LogP contribution in [0.4, 0.5) is 15.8 Å². The highest BCUT2D eigenvalue weighted by Crippen LogP contribution is 2.29. The van der Waals surface area contributed by atoms with Crippen LogP contribution in [-0.2, 0) is 4.79 Å². The number of benzene rings is 2. The van der Waals surface area contributed by atoms with Gasteiger partial charge in [0.25, 0.3) is 0 Å². The van der Waals surface area contributed by atoms with Gasteiger partial charge in [-0.15, -0.1) is 24.0 Å². The van der Waals surface area contributed by atoms with E-state index >= 15 is 0 Å². The fourth-order valence-corrected chi connectivity index (χ4v) is 2.03. The lowest BCUT2D eigenvalue weighted by atomic mass is 10.3. The molecule has 0 unspecified atom stereocenters. The van der Waals surface area contributed by atoms with Crippen molar-refractivity contribution in [3.05, 3.63) is 48.3 Å². The first-order chi connectivity index (χ1) is 12.0. The molecule has 0 aliphatic carbocycles. The largest absolute Gasteiger partial charge is 0.493 e. The summed E-state index contributed by atoms with van der Waals surface area (Å²) in [4.78, 5) is 15.7.